The quantitative estimate of drug-likeness (QED) is 0.256. The second-order valence-corrected chi connectivity index (χ2v) is 6.12. The van der Waals surface area contributed by atoms with Crippen LogP contribution in [0, 0.1) is 0 Å². The van der Waals surface area contributed by atoms with Gasteiger partial charge in [-0.3, -0.25) is 0 Å². The third-order valence-corrected chi connectivity index (χ3v) is 4.16. The Balaban J connectivity index is 1.63. The second-order valence-electron chi connectivity index (χ2n) is 6.12. The fourth-order valence-electron chi connectivity index (χ4n) is 2.80. The van der Waals surface area contributed by atoms with Crippen LogP contribution >= 0.6 is 0 Å². The number of hydrogen-bond acceptors (Lipinski definition) is 5. The maximum Gasteiger partial charge on any atom is 0.419 e. The van der Waals surface area contributed by atoms with Gasteiger partial charge in [-0.15, -0.1) is 0 Å². The maximum absolute atomic E-state index is 13.3. The SMILES string of the molecule is N/C(=N\O)c1ccc(OCCCc2ccc3c(c2)OCCO3)c(C(F)(F)F)c1. The van der Waals surface area contributed by atoms with E-state index >= 15 is 0 Å². The van der Waals surface area contributed by atoms with Gasteiger partial charge >= 0.3 is 6.18 Å². The van der Waals surface area contributed by atoms with Crippen LogP contribution in [0.5, 0.6) is 17.2 Å². The summed E-state index contributed by atoms with van der Waals surface area (Å²) in [6, 6.07) is 8.84. The van der Waals surface area contributed by atoms with E-state index in [0.29, 0.717) is 37.6 Å². The van der Waals surface area contributed by atoms with E-state index in [1.807, 2.05) is 18.2 Å². The molecule has 6 nitrogen and oxygen atoms in total. The fraction of sp³-hybridized carbons (Fsp3) is 0.316. The Bertz CT molecular complexity index is 869. The molecule has 3 rings (SSSR count). The van der Waals surface area contributed by atoms with Crippen molar-refractivity contribution in [1.82, 2.24) is 0 Å². The number of oxime groups is 1. The molecule has 0 aliphatic carbocycles. The zero-order chi connectivity index (χ0) is 20.1. The van der Waals surface area contributed by atoms with E-state index in [-0.39, 0.29) is 17.9 Å². The van der Waals surface area contributed by atoms with Gasteiger partial charge < -0.3 is 25.2 Å². The molecule has 0 atom stereocenters. The fourth-order valence-corrected chi connectivity index (χ4v) is 2.80. The van der Waals surface area contributed by atoms with E-state index in [9.17, 15) is 13.2 Å². The zero-order valence-corrected chi connectivity index (χ0v) is 14.8. The number of alkyl halides is 3. The van der Waals surface area contributed by atoms with E-state index in [4.69, 9.17) is 25.2 Å². The van der Waals surface area contributed by atoms with Gasteiger partial charge in [0.2, 0.25) is 0 Å². The predicted octanol–water partition coefficient (Wildman–Crippen LogP) is 3.58. The van der Waals surface area contributed by atoms with Crippen molar-refractivity contribution in [2.24, 2.45) is 10.9 Å². The van der Waals surface area contributed by atoms with Gasteiger partial charge in [0.15, 0.2) is 17.3 Å². The molecule has 0 saturated heterocycles. The molecule has 28 heavy (non-hydrogen) atoms. The van der Waals surface area contributed by atoms with Crippen molar-refractivity contribution in [2.75, 3.05) is 19.8 Å². The molecule has 0 aromatic heterocycles. The molecule has 0 bridgehead atoms. The lowest BCUT2D eigenvalue weighted by Gasteiger charge is -2.19. The first-order valence-electron chi connectivity index (χ1n) is 8.59. The van der Waals surface area contributed by atoms with Gasteiger partial charge in [0, 0.05) is 5.56 Å². The second kappa shape index (κ2) is 8.28. The lowest BCUT2D eigenvalue weighted by molar-refractivity contribution is -0.139. The number of nitrogens with two attached hydrogens (primary N) is 1. The van der Waals surface area contributed by atoms with Crippen LogP contribution in [0.2, 0.25) is 0 Å². The highest BCUT2D eigenvalue weighted by atomic mass is 19.4. The largest absolute Gasteiger partial charge is 0.493 e. The number of amidine groups is 1. The van der Waals surface area contributed by atoms with Crippen LogP contribution in [-0.2, 0) is 12.6 Å². The molecule has 0 amide bonds. The van der Waals surface area contributed by atoms with Crippen molar-refractivity contribution < 1.29 is 32.6 Å². The minimum Gasteiger partial charge on any atom is -0.493 e. The minimum absolute atomic E-state index is 0.0431. The molecule has 0 unspecified atom stereocenters. The van der Waals surface area contributed by atoms with Crippen molar-refractivity contribution >= 4 is 5.84 Å². The van der Waals surface area contributed by atoms with Crippen LogP contribution in [0.3, 0.4) is 0 Å². The summed E-state index contributed by atoms with van der Waals surface area (Å²) in [7, 11) is 0. The van der Waals surface area contributed by atoms with Crippen LogP contribution in [0.15, 0.2) is 41.6 Å². The van der Waals surface area contributed by atoms with Crippen molar-refractivity contribution in [3.8, 4) is 17.2 Å². The average molecular weight is 396 g/mol. The molecule has 0 radical (unpaired) electrons. The third kappa shape index (κ3) is 4.59. The highest BCUT2D eigenvalue weighted by Gasteiger charge is 2.35. The number of aryl methyl sites for hydroxylation is 1. The molecule has 2 aromatic carbocycles. The molecule has 1 aliphatic rings. The molecular weight excluding hydrogens is 377 g/mol. The average Bonchev–Trinajstić information content (AvgIpc) is 2.69. The van der Waals surface area contributed by atoms with Crippen molar-refractivity contribution in [2.45, 2.75) is 19.0 Å². The molecule has 1 heterocycles. The number of benzene rings is 2. The van der Waals surface area contributed by atoms with Crippen molar-refractivity contribution in [1.29, 1.82) is 0 Å². The van der Waals surface area contributed by atoms with Crippen molar-refractivity contribution in [3.63, 3.8) is 0 Å². The number of nitrogens with zero attached hydrogens (tertiary/aromatic N) is 1. The summed E-state index contributed by atoms with van der Waals surface area (Å²) >= 11 is 0. The van der Waals surface area contributed by atoms with Gasteiger partial charge in [-0.25, -0.2) is 0 Å². The summed E-state index contributed by atoms with van der Waals surface area (Å²) in [5.74, 6) is 0.648. The smallest absolute Gasteiger partial charge is 0.419 e. The topological polar surface area (TPSA) is 86.3 Å². The number of ether oxygens (including phenoxy) is 3. The van der Waals surface area contributed by atoms with E-state index in [1.54, 1.807) is 0 Å². The first kappa shape index (κ1) is 19.7. The summed E-state index contributed by atoms with van der Waals surface area (Å²) in [5, 5.41) is 11.4. The van der Waals surface area contributed by atoms with Crippen LogP contribution in [-0.4, -0.2) is 30.9 Å². The lowest BCUT2D eigenvalue weighted by atomic mass is 10.1. The Morgan fingerprint density at radius 1 is 1.11 bits per heavy atom. The molecule has 1 aliphatic heterocycles. The predicted molar refractivity (Wildman–Crippen MR) is 95.2 cm³/mol. The molecule has 0 fully saturated rings. The molecule has 0 saturated carbocycles. The van der Waals surface area contributed by atoms with E-state index in [1.165, 1.54) is 12.1 Å². The van der Waals surface area contributed by atoms with Gasteiger partial charge in [0.25, 0.3) is 0 Å². The van der Waals surface area contributed by atoms with Crippen LogP contribution in [0.4, 0.5) is 13.2 Å². The molecule has 0 spiro atoms. The van der Waals surface area contributed by atoms with Gasteiger partial charge in [-0.05, 0) is 48.7 Å². The Kier molecular flexibility index (Phi) is 5.81. The normalized spacial score (nSPS) is 14.0. The van der Waals surface area contributed by atoms with Gasteiger partial charge in [-0.1, -0.05) is 11.2 Å². The van der Waals surface area contributed by atoms with Crippen LogP contribution in [0.1, 0.15) is 23.1 Å². The van der Waals surface area contributed by atoms with E-state index in [0.717, 1.165) is 11.6 Å². The lowest BCUT2D eigenvalue weighted by Crippen LogP contribution is -2.16. The summed E-state index contributed by atoms with van der Waals surface area (Å²) in [6.45, 7) is 1.10. The Labute approximate surface area is 159 Å². The molecular formula is C19H19F3N2O4. The highest BCUT2D eigenvalue weighted by molar-refractivity contribution is 5.97. The summed E-state index contributed by atoms with van der Waals surface area (Å²) in [5.41, 5.74) is 5.32. The number of halogens is 3. The third-order valence-electron chi connectivity index (χ3n) is 4.16. The highest BCUT2D eigenvalue weighted by Crippen LogP contribution is 2.37. The summed E-state index contributed by atoms with van der Waals surface area (Å²) in [4.78, 5) is 0. The molecule has 3 N–H and O–H groups in total. The monoisotopic (exact) mass is 396 g/mol. The van der Waals surface area contributed by atoms with E-state index < -0.39 is 17.6 Å². The first-order valence-corrected chi connectivity index (χ1v) is 8.59. The number of hydrogen-bond donors (Lipinski definition) is 2. The van der Waals surface area contributed by atoms with Gasteiger partial charge in [0.1, 0.15) is 19.0 Å². The Morgan fingerprint density at radius 3 is 2.57 bits per heavy atom. The zero-order valence-electron chi connectivity index (χ0n) is 14.8. The summed E-state index contributed by atoms with van der Waals surface area (Å²) < 4.78 is 56.2. The number of fused-ring (bicyclic) bond motifs is 1. The summed E-state index contributed by atoms with van der Waals surface area (Å²) in [6.07, 6.45) is -3.50. The minimum atomic E-state index is -4.63. The maximum atomic E-state index is 13.3. The Morgan fingerprint density at radius 2 is 1.86 bits per heavy atom. The van der Waals surface area contributed by atoms with E-state index in [2.05, 4.69) is 5.16 Å². The van der Waals surface area contributed by atoms with Gasteiger partial charge in [0.05, 0.1) is 12.2 Å². The van der Waals surface area contributed by atoms with Crippen LogP contribution in [0.25, 0.3) is 0 Å². The number of rotatable bonds is 6. The standard InChI is InChI=1S/C19H19F3N2O4/c20-19(21,22)14-11-13(18(23)24-25)4-6-15(14)26-7-1-2-12-3-5-16-17(10-12)28-9-8-27-16/h3-6,10-11,25H,1-2,7-9H2,(H2,23,24). The Hall–Kier alpha value is -3.10. The van der Waals surface area contributed by atoms with Crippen LogP contribution < -0.4 is 19.9 Å². The first-order chi connectivity index (χ1) is 13.4. The molecule has 9 heteroatoms. The van der Waals surface area contributed by atoms with Gasteiger partial charge in [-0.2, -0.15) is 13.2 Å². The molecule has 150 valence electrons. The van der Waals surface area contributed by atoms with Crippen molar-refractivity contribution in [3.05, 3.63) is 53.1 Å². The molecule has 2 aromatic rings.